The molecule has 0 unspecified atom stereocenters. The summed E-state index contributed by atoms with van der Waals surface area (Å²) < 4.78 is 3.34. The SMILES string of the molecule is CC(=O)Cl.CC(=O)N1CCC(n2ccc([N+](=O)[O-])n2)CC1.O=[N+]([O-])c1ccn(C2CCNCC2)n1. The minimum Gasteiger partial charge on any atom is -0.358 e. The first-order valence-corrected chi connectivity index (χ1v) is 11.5. The number of carbonyl (C=O) groups is 2. The fraction of sp³-hybridized carbons (Fsp3) is 0.600. The Labute approximate surface area is 206 Å². The van der Waals surface area contributed by atoms with Crippen LogP contribution in [-0.4, -0.2) is 71.6 Å². The monoisotopic (exact) mass is 512 g/mol. The van der Waals surface area contributed by atoms with E-state index in [9.17, 15) is 29.8 Å². The molecular weight excluding hydrogens is 484 g/mol. The van der Waals surface area contributed by atoms with Gasteiger partial charge in [-0.15, -0.1) is 0 Å². The zero-order valence-electron chi connectivity index (χ0n) is 19.6. The summed E-state index contributed by atoms with van der Waals surface area (Å²) in [5.74, 6) is -0.113. The van der Waals surface area contributed by atoms with Crippen LogP contribution in [0.2, 0.25) is 0 Å². The van der Waals surface area contributed by atoms with E-state index in [4.69, 9.17) is 0 Å². The smallest absolute Gasteiger partial charge is 0.358 e. The number of halogens is 1. The van der Waals surface area contributed by atoms with Gasteiger partial charge in [-0.1, -0.05) is 0 Å². The molecule has 2 aliphatic rings. The standard InChI is InChI=1S/C10H14N4O3.C8H12N4O2.C2H3ClO/c1-8(15)12-5-2-9(3-6-12)13-7-4-10(11-13)14(16)17;13-12(14)8-3-6-11(10-8)7-1-4-9-5-2-7;1-2(3)4/h4,7,9H,2-3,5-6H2,1H3;3,6-7,9H,1-2,4-5H2;1H3. The van der Waals surface area contributed by atoms with E-state index in [1.165, 1.54) is 19.1 Å². The minimum absolute atomic E-state index is 0.0662. The van der Waals surface area contributed by atoms with E-state index in [1.54, 1.807) is 33.6 Å². The molecule has 2 saturated heterocycles. The highest BCUT2D eigenvalue weighted by molar-refractivity contribution is 6.62. The molecule has 1 amide bonds. The molecule has 4 heterocycles. The molecule has 4 rings (SSSR count). The number of hydrogen-bond acceptors (Lipinski definition) is 9. The van der Waals surface area contributed by atoms with Gasteiger partial charge in [0.15, 0.2) is 0 Å². The van der Waals surface area contributed by atoms with Gasteiger partial charge in [-0.3, -0.25) is 9.59 Å². The summed E-state index contributed by atoms with van der Waals surface area (Å²) in [6.45, 7) is 6.14. The predicted molar refractivity (Wildman–Crippen MR) is 126 cm³/mol. The lowest BCUT2D eigenvalue weighted by atomic mass is 10.1. The highest BCUT2D eigenvalue weighted by Crippen LogP contribution is 2.23. The van der Waals surface area contributed by atoms with E-state index in [2.05, 4.69) is 27.1 Å². The highest BCUT2D eigenvalue weighted by Gasteiger charge is 2.25. The minimum atomic E-state index is -0.499. The molecule has 14 nitrogen and oxygen atoms in total. The van der Waals surface area contributed by atoms with Crippen molar-refractivity contribution < 1.29 is 19.4 Å². The molecule has 0 bridgehead atoms. The molecule has 192 valence electrons. The number of piperidine rings is 2. The van der Waals surface area contributed by atoms with Gasteiger partial charge in [0.25, 0.3) is 0 Å². The Kier molecular flexibility index (Phi) is 10.7. The number of nitrogens with zero attached hydrogens (tertiary/aromatic N) is 7. The quantitative estimate of drug-likeness (QED) is 0.366. The van der Waals surface area contributed by atoms with E-state index in [0.717, 1.165) is 38.8 Å². The summed E-state index contributed by atoms with van der Waals surface area (Å²) in [7, 11) is 0. The van der Waals surface area contributed by atoms with Crippen LogP contribution in [0, 0.1) is 20.2 Å². The predicted octanol–water partition coefficient (Wildman–Crippen LogP) is 2.46. The second kappa shape index (κ2) is 13.5. The Morgan fingerprint density at radius 2 is 1.31 bits per heavy atom. The Balaban J connectivity index is 0.000000217. The molecule has 0 aliphatic carbocycles. The molecule has 0 radical (unpaired) electrons. The summed E-state index contributed by atoms with van der Waals surface area (Å²) in [6, 6.07) is 3.31. The van der Waals surface area contributed by atoms with Gasteiger partial charge in [0.2, 0.25) is 11.1 Å². The summed E-state index contributed by atoms with van der Waals surface area (Å²) >= 11 is 4.64. The zero-order chi connectivity index (χ0) is 26.0. The third-order valence-electron chi connectivity index (χ3n) is 5.53. The van der Waals surface area contributed by atoms with Gasteiger partial charge in [-0.25, -0.2) is 0 Å². The molecule has 2 fully saturated rings. The van der Waals surface area contributed by atoms with Crippen molar-refractivity contribution in [1.29, 1.82) is 0 Å². The van der Waals surface area contributed by atoms with Crippen LogP contribution in [0.25, 0.3) is 0 Å². The van der Waals surface area contributed by atoms with Gasteiger partial charge in [0.1, 0.15) is 0 Å². The van der Waals surface area contributed by atoms with Crippen molar-refractivity contribution >= 4 is 34.4 Å². The average molecular weight is 513 g/mol. The van der Waals surface area contributed by atoms with Crippen molar-refractivity contribution in [3.8, 4) is 0 Å². The van der Waals surface area contributed by atoms with Crippen molar-refractivity contribution in [2.75, 3.05) is 26.2 Å². The van der Waals surface area contributed by atoms with Crippen LogP contribution in [0.1, 0.15) is 51.6 Å². The van der Waals surface area contributed by atoms with Crippen molar-refractivity contribution in [2.45, 2.75) is 51.6 Å². The molecule has 15 heteroatoms. The summed E-state index contributed by atoms with van der Waals surface area (Å²) in [5.41, 5.74) is 0. The van der Waals surface area contributed by atoms with E-state index in [-0.39, 0.29) is 28.8 Å². The lowest BCUT2D eigenvalue weighted by Gasteiger charge is -2.30. The van der Waals surface area contributed by atoms with Crippen LogP contribution in [0.5, 0.6) is 0 Å². The van der Waals surface area contributed by atoms with Gasteiger partial charge in [-0.2, -0.15) is 9.36 Å². The lowest BCUT2D eigenvalue weighted by molar-refractivity contribution is -0.390. The van der Waals surface area contributed by atoms with Crippen LogP contribution in [0.15, 0.2) is 24.5 Å². The first kappa shape index (κ1) is 27.9. The maximum atomic E-state index is 11.1. The number of amides is 1. The molecule has 0 saturated carbocycles. The Bertz CT molecular complexity index is 1010. The molecule has 0 aromatic carbocycles. The summed E-state index contributed by atoms with van der Waals surface area (Å²) in [4.78, 5) is 42.1. The lowest BCUT2D eigenvalue weighted by Crippen LogP contribution is -2.37. The van der Waals surface area contributed by atoms with Crippen LogP contribution in [0.3, 0.4) is 0 Å². The highest BCUT2D eigenvalue weighted by atomic mass is 35.5. The molecule has 2 aromatic rings. The molecule has 0 atom stereocenters. The normalized spacial score (nSPS) is 16.4. The maximum Gasteiger partial charge on any atom is 0.389 e. The average Bonchev–Trinajstić information content (AvgIpc) is 3.50. The van der Waals surface area contributed by atoms with E-state index < -0.39 is 9.85 Å². The van der Waals surface area contributed by atoms with Crippen LogP contribution < -0.4 is 5.32 Å². The largest absolute Gasteiger partial charge is 0.389 e. The van der Waals surface area contributed by atoms with Crippen molar-refractivity contribution in [3.63, 3.8) is 0 Å². The zero-order valence-corrected chi connectivity index (χ0v) is 20.3. The summed E-state index contributed by atoms with van der Waals surface area (Å²) in [5, 5.41) is 31.6. The van der Waals surface area contributed by atoms with Crippen LogP contribution >= 0.6 is 11.6 Å². The van der Waals surface area contributed by atoms with Gasteiger partial charge in [-0.05, 0) is 60.2 Å². The molecule has 35 heavy (non-hydrogen) atoms. The number of hydrogen-bond donors (Lipinski definition) is 1. The second-order valence-corrected chi connectivity index (χ2v) is 8.54. The second-order valence-electron chi connectivity index (χ2n) is 8.01. The number of carbonyl (C=O) groups excluding carboxylic acids is 2. The van der Waals surface area contributed by atoms with Gasteiger partial charge in [0, 0.05) is 26.9 Å². The van der Waals surface area contributed by atoms with Crippen molar-refractivity contribution in [3.05, 3.63) is 44.8 Å². The number of likely N-dealkylation sites (tertiary alicyclic amines) is 1. The molecular formula is C20H29ClN8O6. The first-order chi connectivity index (χ1) is 16.6. The van der Waals surface area contributed by atoms with Crippen molar-refractivity contribution in [2.24, 2.45) is 0 Å². The Hall–Kier alpha value is -3.39. The Morgan fingerprint density at radius 1 is 0.914 bits per heavy atom. The van der Waals surface area contributed by atoms with E-state index >= 15 is 0 Å². The topological polar surface area (TPSA) is 171 Å². The van der Waals surface area contributed by atoms with Crippen LogP contribution in [0.4, 0.5) is 11.6 Å². The number of rotatable bonds is 4. The summed E-state index contributed by atoms with van der Waals surface area (Å²) in [6.07, 6.45) is 6.87. The van der Waals surface area contributed by atoms with Crippen molar-refractivity contribution in [1.82, 2.24) is 29.8 Å². The van der Waals surface area contributed by atoms with E-state index in [1.807, 2.05) is 0 Å². The first-order valence-electron chi connectivity index (χ1n) is 11.1. The Morgan fingerprint density at radius 3 is 1.66 bits per heavy atom. The van der Waals surface area contributed by atoms with Crippen LogP contribution in [-0.2, 0) is 9.59 Å². The van der Waals surface area contributed by atoms with Gasteiger partial charge in [0.05, 0.1) is 46.8 Å². The number of aromatic nitrogens is 4. The number of nitrogens with one attached hydrogen (secondary N) is 1. The molecule has 1 N–H and O–H groups in total. The maximum absolute atomic E-state index is 11.1. The molecule has 2 aromatic heterocycles. The third kappa shape index (κ3) is 9.05. The van der Waals surface area contributed by atoms with Gasteiger partial charge >= 0.3 is 11.6 Å². The fourth-order valence-electron chi connectivity index (χ4n) is 3.77. The number of nitro groups is 2. The molecule has 0 spiro atoms. The third-order valence-corrected chi connectivity index (χ3v) is 5.53. The fourth-order valence-corrected chi connectivity index (χ4v) is 3.77. The van der Waals surface area contributed by atoms with E-state index in [0.29, 0.717) is 19.1 Å². The van der Waals surface area contributed by atoms with Gasteiger partial charge < -0.3 is 30.4 Å². The molecule has 2 aliphatic heterocycles.